The number of nitrogens with one attached hydrogen (secondary N) is 1. The second-order valence-corrected chi connectivity index (χ2v) is 8.15. The van der Waals surface area contributed by atoms with E-state index in [1.165, 1.54) is 5.56 Å². The smallest absolute Gasteiger partial charge is 0.273 e. The summed E-state index contributed by atoms with van der Waals surface area (Å²) in [5, 5.41) is 0.931. The number of imidazole rings is 1. The number of pyridine rings is 2. The number of hydrogen-bond acceptors (Lipinski definition) is 4. The Morgan fingerprint density at radius 2 is 1.84 bits per heavy atom. The maximum absolute atomic E-state index is 13.6. The van der Waals surface area contributed by atoms with Crippen LogP contribution in [0.1, 0.15) is 53.5 Å². The van der Waals surface area contributed by atoms with Gasteiger partial charge in [-0.15, -0.1) is 0 Å². The van der Waals surface area contributed by atoms with Gasteiger partial charge in [0.05, 0.1) is 12.1 Å². The van der Waals surface area contributed by atoms with Crippen molar-refractivity contribution in [1.29, 1.82) is 0 Å². The number of hydrogen-bond donors (Lipinski definition) is 1. The molecule has 0 spiro atoms. The zero-order valence-corrected chi connectivity index (χ0v) is 17.3. The first kappa shape index (κ1) is 19.4. The summed E-state index contributed by atoms with van der Waals surface area (Å²) in [7, 11) is 0. The first-order valence-corrected chi connectivity index (χ1v) is 10.8. The molecule has 0 aliphatic heterocycles. The monoisotopic (exact) mass is 411 g/mol. The van der Waals surface area contributed by atoms with Crippen LogP contribution >= 0.6 is 0 Å². The fraction of sp³-hybridized carbons (Fsp3) is 0.280. The van der Waals surface area contributed by atoms with Gasteiger partial charge in [-0.05, 0) is 55.4 Å². The molecule has 0 radical (unpaired) electrons. The number of aromatic amines is 1. The molecule has 1 N–H and O–H groups in total. The lowest BCUT2D eigenvalue weighted by Crippen LogP contribution is -2.42. The summed E-state index contributed by atoms with van der Waals surface area (Å²) in [6.45, 7) is 0.461. The second-order valence-electron chi connectivity index (χ2n) is 8.15. The molecule has 1 aliphatic rings. The molecule has 1 aliphatic carbocycles. The fourth-order valence-electron chi connectivity index (χ4n) is 4.59. The van der Waals surface area contributed by atoms with Crippen LogP contribution in [0.3, 0.4) is 0 Å². The standard InChI is InChI=1S/C25H25N5O/c31-25(23-11-8-20-16-26-13-12-22(20)29-23)30(17-24-27-14-15-28-24)21-9-6-19(7-10-21)18-4-2-1-3-5-18/h1-5,8,11-16,19,21H,6-7,9-10,17H2,(H,27,28). The number of carbonyl (C=O) groups is 1. The summed E-state index contributed by atoms with van der Waals surface area (Å²) in [6.07, 6.45) is 11.1. The van der Waals surface area contributed by atoms with Crippen LogP contribution in [0.25, 0.3) is 10.9 Å². The molecule has 1 fully saturated rings. The Labute approximate surface area is 181 Å². The van der Waals surface area contributed by atoms with Gasteiger partial charge in [0.15, 0.2) is 0 Å². The van der Waals surface area contributed by atoms with Crippen molar-refractivity contribution in [1.82, 2.24) is 24.8 Å². The summed E-state index contributed by atoms with van der Waals surface area (Å²) in [4.78, 5) is 31.8. The fourth-order valence-corrected chi connectivity index (χ4v) is 4.59. The molecule has 3 heterocycles. The van der Waals surface area contributed by atoms with E-state index in [-0.39, 0.29) is 11.9 Å². The van der Waals surface area contributed by atoms with Gasteiger partial charge in [0.25, 0.3) is 5.91 Å². The highest BCUT2D eigenvalue weighted by atomic mass is 16.2. The van der Waals surface area contributed by atoms with Crippen LogP contribution < -0.4 is 0 Å². The zero-order valence-electron chi connectivity index (χ0n) is 17.3. The van der Waals surface area contributed by atoms with Crippen LogP contribution in [0.4, 0.5) is 0 Å². The predicted octanol–water partition coefficient (Wildman–Crippen LogP) is 4.72. The van der Waals surface area contributed by atoms with Gasteiger partial charge in [-0.1, -0.05) is 30.3 Å². The number of aromatic nitrogens is 4. The maximum Gasteiger partial charge on any atom is 0.273 e. The van der Waals surface area contributed by atoms with Crippen LogP contribution in [0.15, 0.2) is 73.3 Å². The number of amides is 1. The van der Waals surface area contributed by atoms with E-state index in [1.54, 1.807) is 30.9 Å². The summed E-state index contributed by atoms with van der Waals surface area (Å²) < 4.78 is 0. The maximum atomic E-state index is 13.6. The minimum atomic E-state index is -0.0433. The Kier molecular flexibility index (Phi) is 5.44. The zero-order chi connectivity index (χ0) is 21.0. The first-order valence-electron chi connectivity index (χ1n) is 10.8. The van der Waals surface area contributed by atoms with Crippen LogP contribution in [-0.2, 0) is 6.54 Å². The van der Waals surface area contributed by atoms with Gasteiger partial charge in [-0.3, -0.25) is 9.78 Å². The minimum absolute atomic E-state index is 0.0433. The van der Waals surface area contributed by atoms with Gasteiger partial charge >= 0.3 is 0 Å². The SMILES string of the molecule is O=C(c1ccc2cnccc2n1)N(Cc1ncc[nH]1)C1CCC(c2ccccc2)CC1. The lowest BCUT2D eigenvalue weighted by atomic mass is 9.81. The van der Waals surface area contributed by atoms with E-state index >= 15 is 0 Å². The highest BCUT2D eigenvalue weighted by Gasteiger charge is 2.31. The molecule has 156 valence electrons. The summed E-state index contributed by atoms with van der Waals surface area (Å²) in [5.74, 6) is 1.31. The van der Waals surface area contributed by atoms with Crippen molar-refractivity contribution in [3.05, 3.63) is 90.4 Å². The van der Waals surface area contributed by atoms with Gasteiger partial charge in [0.1, 0.15) is 11.5 Å². The van der Waals surface area contributed by atoms with E-state index in [0.29, 0.717) is 18.2 Å². The number of carbonyl (C=O) groups excluding carboxylic acids is 1. The van der Waals surface area contributed by atoms with E-state index < -0.39 is 0 Å². The van der Waals surface area contributed by atoms with Crippen molar-refractivity contribution in [2.75, 3.05) is 0 Å². The third-order valence-corrected chi connectivity index (χ3v) is 6.25. The minimum Gasteiger partial charge on any atom is -0.347 e. The first-order chi connectivity index (χ1) is 15.3. The molecule has 6 nitrogen and oxygen atoms in total. The molecule has 3 aromatic heterocycles. The third-order valence-electron chi connectivity index (χ3n) is 6.25. The third kappa shape index (κ3) is 4.19. The van der Waals surface area contributed by atoms with Crippen LogP contribution in [0, 0.1) is 0 Å². The molecule has 1 amide bonds. The van der Waals surface area contributed by atoms with E-state index in [4.69, 9.17) is 0 Å². The van der Waals surface area contributed by atoms with E-state index in [9.17, 15) is 4.79 Å². The van der Waals surface area contributed by atoms with Crippen molar-refractivity contribution in [3.63, 3.8) is 0 Å². The number of nitrogens with zero attached hydrogens (tertiary/aromatic N) is 4. The average Bonchev–Trinajstić information content (AvgIpc) is 3.36. The summed E-state index contributed by atoms with van der Waals surface area (Å²) >= 11 is 0. The van der Waals surface area contributed by atoms with Crippen molar-refractivity contribution in [2.24, 2.45) is 0 Å². The van der Waals surface area contributed by atoms with Gasteiger partial charge in [0, 0.05) is 36.2 Å². The Bertz CT molecular complexity index is 1150. The van der Waals surface area contributed by atoms with Gasteiger partial charge in [-0.2, -0.15) is 0 Å². The lowest BCUT2D eigenvalue weighted by Gasteiger charge is -2.36. The van der Waals surface area contributed by atoms with Crippen molar-refractivity contribution >= 4 is 16.8 Å². The van der Waals surface area contributed by atoms with Gasteiger partial charge < -0.3 is 9.88 Å². The molecule has 1 aromatic carbocycles. The van der Waals surface area contributed by atoms with Crippen LogP contribution in [0.5, 0.6) is 0 Å². The molecule has 6 heteroatoms. The van der Waals surface area contributed by atoms with Gasteiger partial charge in [0.2, 0.25) is 0 Å². The largest absolute Gasteiger partial charge is 0.347 e. The van der Waals surface area contributed by atoms with Crippen LogP contribution in [-0.4, -0.2) is 36.8 Å². The normalized spacial score (nSPS) is 18.7. The van der Waals surface area contributed by atoms with E-state index in [1.807, 2.05) is 17.0 Å². The predicted molar refractivity (Wildman–Crippen MR) is 119 cm³/mol. The summed E-state index contributed by atoms with van der Waals surface area (Å²) in [5.41, 5.74) is 2.65. The van der Waals surface area contributed by atoms with Crippen molar-refractivity contribution in [2.45, 2.75) is 44.2 Å². The number of fused-ring (bicyclic) bond motifs is 1. The lowest BCUT2D eigenvalue weighted by molar-refractivity contribution is 0.0594. The molecule has 1 saturated carbocycles. The quantitative estimate of drug-likeness (QED) is 0.516. The summed E-state index contributed by atoms with van der Waals surface area (Å²) in [6, 6.07) is 16.4. The Balaban J connectivity index is 1.38. The van der Waals surface area contributed by atoms with E-state index in [0.717, 1.165) is 42.4 Å². The highest BCUT2D eigenvalue weighted by molar-refractivity contribution is 5.95. The van der Waals surface area contributed by atoms with Crippen molar-refractivity contribution < 1.29 is 4.79 Å². The molecule has 0 atom stereocenters. The Morgan fingerprint density at radius 1 is 1.00 bits per heavy atom. The number of benzene rings is 1. The molecule has 4 aromatic rings. The highest BCUT2D eigenvalue weighted by Crippen LogP contribution is 2.35. The van der Waals surface area contributed by atoms with Crippen LogP contribution in [0.2, 0.25) is 0 Å². The molecule has 0 unspecified atom stereocenters. The van der Waals surface area contributed by atoms with Gasteiger partial charge in [-0.25, -0.2) is 9.97 Å². The second kappa shape index (κ2) is 8.68. The van der Waals surface area contributed by atoms with E-state index in [2.05, 4.69) is 50.3 Å². The molecular formula is C25H25N5O. The molecule has 5 rings (SSSR count). The molecular weight excluding hydrogens is 386 g/mol. The van der Waals surface area contributed by atoms with Crippen molar-refractivity contribution in [3.8, 4) is 0 Å². The molecule has 0 saturated heterocycles. The topological polar surface area (TPSA) is 74.8 Å². The number of rotatable bonds is 5. The Morgan fingerprint density at radius 3 is 2.61 bits per heavy atom. The Hall–Kier alpha value is -3.54. The number of H-pyrrole nitrogens is 1. The molecule has 31 heavy (non-hydrogen) atoms. The average molecular weight is 412 g/mol. The molecule has 0 bridgehead atoms.